The zero-order valence-electron chi connectivity index (χ0n) is 8.74. The number of aliphatic hydroxyl groups is 1. The number of rotatable bonds is 2. The number of piperidine rings is 1. The molecule has 88 valence electrons. The molecule has 1 aromatic heterocycles. The topological polar surface area (TPSA) is 45.2 Å². The second-order valence-corrected chi connectivity index (χ2v) is 4.63. The molecule has 2 heterocycles. The molecule has 3 atom stereocenters. The van der Waals surface area contributed by atoms with Gasteiger partial charge in [0.15, 0.2) is 0 Å². The fourth-order valence-electron chi connectivity index (χ4n) is 1.99. The van der Waals surface area contributed by atoms with Crippen molar-refractivity contribution in [3.05, 3.63) is 29.8 Å². The lowest BCUT2D eigenvalue weighted by Crippen LogP contribution is -2.41. The number of halogens is 2. The molecule has 1 saturated heterocycles. The van der Waals surface area contributed by atoms with E-state index < -0.39 is 5.95 Å². The molecule has 1 fully saturated rings. The van der Waals surface area contributed by atoms with E-state index in [2.05, 4.69) is 10.3 Å². The first-order valence-electron chi connectivity index (χ1n) is 5.30. The van der Waals surface area contributed by atoms with Gasteiger partial charge in [-0.25, -0.2) is 4.98 Å². The number of alkyl halides is 1. The number of hydrogen-bond donors (Lipinski definition) is 2. The molecule has 0 saturated carbocycles. The van der Waals surface area contributed by atoms with E-state index in [1.54, 1.807) is 6.07 Å². The van der Waals surface area contributed by atoms with Crippen LogP contribution < -0.4 is 5.32 Å². The highest BCUT2D eigenvalue weighted by molar-refractivity contribution is 6.21. The van der Waals surface area contributed by atoms with Gasteiger partial charge in [-0.1, -0.05) is 6.07 Å². The van der Waals surface area contributed by atoms with Gasteiger partial charge in [0, 0.05) is 31.3 Å². The van der Waals surface area contributed by atoms with Gasteiger partial charge in [0.2, 0.25) is 5.95 Å². The average Bonchev–Trinajstić information content (AvgIpc) is 2.31. The van der Waals surface area contributed by atoms with Crippen molar-refractivity contribution >= 4 is 11.6 Å². The van der Waals surface area contributed by atoms with Crippen LogP contribution in [0, 0.1) is 11.9 Å². The highest BCUT2D eigenvalue weighted by atomic mass is 35.5. The first kappa shape index (κ1) is 11.8. The van der Waals surface area contributed by atoms with Crippen LogP contribution in [0.1, 0.15) is 18.0 Å². The van der Waals surface area contributed by atoms with Crippen molar-refractivity contribution in [3.8, 4) is 0 Å². The molecule has 1 aromatic rings. The molecule has 5 heteroatoms. The molecule has 1 aliphatic heterocycles. The Morgan fingerprint density at radius 1 is 1.56 bits per heavy atom. The average molecular weight is 245 g/mol. The van der Waals surface area contributed by atoms with Gasteiger partial charge in [-0.15, -0.1) is 11.6 Å². The summed E-state index contributed by atoms with van der Waals surface area (Å²) in [5, 5.41) is 12.4. The van der Waals surface area contributed by atoms with E-state index in [0.29, 0.717) is 6.54 Å². The van der Waals surface area contributed by atoms with Crippen LogP contribution in [0.4, 0.5) is 4.39 Å². The lowest BCUT2D eigenvalue weighted by Gasteiger charge is -2.33. The summed E-state index contributed by atoms with van der Waals surface area (Å²) in [7, 11) is 0. The monoisotopic (exact) mass is 244 g/mol. The summed E-state index contributed by atoms with van der Waals surface area (Å²) in [5.41, 5.74) is 0.934. The fourth-order valence-corrected chi connectivity index (χ4v) is 2.26. The van der Waals surface area contributed by atoms with E-state index >= 15 is 0 Å². The lowest BCUT2D eigenvalue weighted by atomic mass is 9.89. The molecule has 0 radical (unpaired) electrons. The van der Waals surface area contributed by atoms with Crippen LogP contribution in [-0.4, -0.2) is 28.6 Å². The van der Waals surface area contributed by atoms with Crippen molar-refractivity contribution in [2.45, 2.75) is 17.8 Å². The summed E-state index contributed by atoms with van der Waals surface area (Å²) >= 11 is 6.06. The van der Waals surface area contributed by atoms with E-state index in [1.807, 2.05) is 0 Å². The van der Waals surface area contributed by atoms with E-state index in [-0.39, 0.29) is 23.9 Å². The maximum absolute atomic E-state index is 12.7. The summed E-state index contributed by atoms with van der Waals surface area (Å²) in [4.78, 5) is 3.62. The summed E-state index contributed by atoms with van der Waals surface area (Å²) < 4.78 is 12.7. The van der Waals surface area contributed by atoms with Gasteiger partial charge < -0.3 is 10.4 Å². The van der Waals surface area contributed by atoms with Gasteiger partial charge in [0.1, 0.15) is 0 Å². The highest BCUT2D eigenvalue weighted by Gasteiger charge is 2.29. The van der Waals surface area contributed by atoms with Crippen LogP contribution in [0.25, 0.3) is 0 Å². The minimum absolute atomic E-state index is 0.0466. The largest absolute Gasteiger partial charge is 0.396 e. The van der Waals surface area contributed by atoms with Crippen molar-refractivity contribution < 1.29 is 9.50 Å². The molecule has 16 heavy (non-hydrogen) atoms. The molecule has 0 aliphatic carbocycles. The SMILES string of the molecule is OCC1CC(c2ccc(F)nc2)NCC1Cl. The van der Waals surface area contributed by atoms with E-state index in [4.69, 9.17) is 11.6 Å². The Labute approximate surface area is 98.6 Å². The molecular formula is C11H14ClFN2O. The predicted molar refractivity (Wildman–Crippen MR) is 59.8 cm³/mol. The van der Waals surface area contributed by atoms with Crippen LogP contribution >= 0.6 is 11.6 Å². The van der Waals surface area contributed by atoms with Crippen molar-refractivity contribution in [3.63, 3.8) is 0 Å². The Morgan fingerprint density at radius 3 is 3.00 bits per heavy atom. The molecular weight excluding hydrogens is 231 g/mol. The Bertz CT molecular complexity index is 346. The maximum Gasteiger partial charge on any atom is 0.212 e. The Morgan fingerprint density at radius 2 is 2.38 bits per heavy atom. The first-order valence-corrected chi connectivity index (χ1v) is 5.74. The summed E-state index contributed by atoms with van der Waals surface area (Å²) in [6, 6.07) is 3.15. The van der Waals surface area contributed by atoms with Crippen LogP contribution in [0.2, 0.25) is 0 Å². The molecule has 3 nitrogen and oxygen atoms in total. The highest BCUT2D eigenvalue weighted by Crippen LogP contribution is 2.29. The molecule has 0 aromatic carbocycles. The minimum Gasteiger partial charge on any atom is -0.396 e. The van der Waals surface area contributed by atoms with E-state index in [0.717, 1.165) is 12.0 Å². The van der Waals surface area contributed by atoms with Crippen LogP contribution in [-0.2, 0) is 0 Å². The van der Waals surface area contributed by atoms with Crippen molar-refractivity contribution in [2.75, 3.05) is 13.2 Å². The molecule has 0 bridgehead atoms. The minimum atomic E-state index is -0.478. The number of nitrogens with zero attached hydrogens (tertiary/aromatic N) is 1. The third-order valence-electron chi connectivity index (χ3n) is 3.00. The van der Waals surface area contributed by atoms with Crippen molar-refractivity contribution in [1.29, 1.82) is 0 Å². The molecule has 2 N–H and O–H groups in total. The lowest BCUT2D eigenvalue weighted by molar-refractivity contribution is 0.179. The predicted octanol–water partition coefficient (Wildman–Crippen LogP) is 1.47. The first-order chi connectivity index (χ1) is 7.70. The normalized spacial score (nSPS) is 30.3. The zero-order valence-corrected chi connectivity index (χ0v) is 9.49. The van der Waals surface area contributed by atoms with Crippen LogP contribution in [0.15, 0.2) is 18.3 Å². The molecule has 3 unspecified atom stereocenters. The second kappa shape index (κ2) is 5.08. The zero-order chi connectivity index (χ0) is 11.5. The number of aromatic nitrogens is 1. The third-order valence-corrected chi connectivity index (χ3v) is 3.51. The molecule has 1 aliphatic rings. The fraction of sp³-hybridized carbons (Fsp3) is 0.545. The number of pyridine rings is 1. The van der Waals surface area contributed by atoms with Crippen LogP contribution in [0.3, 0.4) is 0 Å². The Kier molecular flexibility index (Phi) is 3.74. The van der Waals surface area contributed by atoms with E-state index in [1.165, 1.54) is 12.3 Å². The molecule has 0 spiro atoms. The summed E-state index contributed by atoms with van der Waals surface area (Å²) in [6.45, 7) is 0.732. The third kappa shape index (κ3) is 2.51. The quantitative estimate of drug-likeness (QED) is 0.612. The van der Waals surface area contributed by atoms with Crippen molar-refractivity contribution in [1.82, 2.24) is 10.3 Å². The molecule has 0 amide bonds. The standard InChI is InChI=1S/C11H14ClFN2O/c12-9-5-14-10(3-8(9)6-16)7-1-2-11(13)15-4-7/h1-2,4,8-10,14,16H,3,5-6H2. The number of aliphatic hydroxyl groups excluding tert-OH is 1. The Hall–Kier alpha value is -0.710. The van der Waals surface area contributed by atoms with E-state index in [9.17, 15) is 9.50 Å². The molecule has 2 rings (SSSR count). The smallest absolute Gasteiger partial charge is 0.212 e. The summed E-state index contributed by atoms with van der Waals surface area (Å²) in [6.07, 6.45) is 2.27. The van der Waals surface area contributed by atoms with Gasteiger partial charge in [-0.3, -0.25) is 0 Å². The van der Waals surface area contributed by atoms with Gasteiger partial charge in [0.25, 0.3) is 0 Å². The summed E-state index contributed by atoms with van der Waals surface area (Å²) in [5.74, 6) is -0.397. The Balaban J connectivity index is 2.08. The second-order valence-electron chi connectivity index (χ2n) is 4.07. The van der Waals surface area contributed by atoms with Gasteiger partial charge >= 0.3 is 0 Å². The number of nitrogens with one attached hydrogen (secondary N) is 1. The van der Waals surface area contributed by atoms with Gasteiger partial charge in [0.05, 0.1) is 5.38 Å². The maximum atomic E-state index is 12.7. The van der Waals surface area contributed by atoms with Gasteiger partial charge in [-0.2, -0.15) is 4.39 Å². The number of hydrogen-bond acceptors (Lipinski definition) is 3. The van der Waals surface area contributed by atoms with Crippen molar-refractivity contribution in [2.24, 2.45) is 5.92 Å². The van der Waals surface area contributed by atoms with Gasteiger partial charge in [-0.05, 0) is 18.1 Å². The van der Waals surface area contributed by atoms with Crippen LogP contribution in [0.5, 0.6) is 0 Å².